The molecule has 2 rings (SSSR count). The summed E-state index contributed by atoms with van der Waals surface area (Å²) in [6.45, 7) is 0.543. The van der Waals surface area contributed by atoms with Crippen molar-refractivity contribution in [2.24, 2.45) is 5.92 Å². The number of carbonyl (C=O) groups is 1. The highest BCUT2D eigenvalue weighted by molar-refractivity contribution is 5.81. The average Bonchev–Trinajstić information content (AvgIpc) is 2.77. The van der Waals surface area contributed by atoms with Crippen LogP contribution in [-0.2, 0) is 11.3 Å². The summed E-state index contributed by atoms with van der Waals surface area (Å²) in [5, 5.41) is 5.98. The molecule has 1 aromatic heterocycles. The maximum absolute atomic E-state index is 12.1. The van der Waals surface area contributed by atoms with Gasteiger partial charge in [-0.1, -0.05) is 0 Å². The second-order valence-corrected chi connectivity index (χ2v) is 4.80. The largest absolute Gasteiger partial charge is 0.476 e. The summed E-state index contributed by atoms with van der Waals surface area (Å²) in [4.78, 5) is 12.6. The van der Waals surface area contributed by atoms with E-state index in [0.717, 1.165) is 5.69 Å². The smallest absolute Gasteiger partial charge is 0.471 e. The number of amides is 1. The second-order valence-electron chi connectivity index (χ2n) is 4.80. The van der Waals surface area contributed by atoms with Gasteiger partial charge in [0, 0.05) is 26.6 Å². The maximum atomic E-state index is 12.1. The van der Waals surface area contributed by atoms with Crippen molar-refractivity contribution in [2.45, 2.75) is 12.7 Å². The van der Waals surface area contributed by atoms with Crippen LogP contribution >= 0.6 is 0 Å². The van der Waals surface area contributed by atoms with Crippen LogP contribution < -0.4 is 15.0 Å². The summed E-state index contributed by atoms with van der Waals surface area (Å²) >= 11 is 0. The number of carbonyl (C=O) groups excluding carboxylic acids is 1. The molecule has 1 N–H and O–H groups in total. The Labute approximate surface area is 113 Å². The molecule has 0 aromatic carbocycles. The van der Waals surface area contributed by atoms with Crippen LogP contribution in [0, 0.1) is 5.92 Å². The zero-order chi connectivity index (χ0) is 14.9. The van der Waals surface area contributed by atoms with E-state index in [4.69, 9.17) is 4.74 Å². The van der Waals surface area contributed by atoms with Gasteiger partial charge in [-0.15, -0.1) is 0 Å². The highest BCUT2D eigenvalue weighted by Crippen LogP contribution is 2.30. The van der Waals surface area contributed by atoms with E-state index in [0.29, 0.717) is 12.4 Å². The molecule has 20 heavy (non-hydrogen) atoms. The lowest BCUT2D eigenvalue weighted by molar-refractivity contribution is -0.173. The van der Waals surface area contributed by atoms with Crippen LogP contribution in [0.4, 0.5) is 18.9 Å². The number of fused-ring (bicyclic) bond motifs is 1. The lowest BCUT2D eigenvalue weighted by Gasteiger charge is -2.26. The normalized spacial score (nSPS) is 18.1. The van der Waals surface area contributed by atoms with Gasteiger partial charge in [0.05, 0.1) is 19.3 Å². The number of nitrogens with one attached hydrogen (secondary N) is 1. The molecule has 0 spiro atoms. The summed E-state index contributed by atoms with van der Waals surface area (Å²) in [5.41, 5.74) is 0.808. The fourth-order valence-electron chi connectivity index (χ4n) is 1.90. The summed E-state index contributed by atoms with van der Waals surface area (Å²) < 4.78 is 43.3. The van der Waals surface area contributed by atoms with Crippen LogP contribution in [0.5, 0.6) is 5.88 Å². The Morgan fingerprint density at radius 2 is 2.30 bits per heavy atom. The van der Waals surface area contributed by atoms with E-state index in [9.17, 15) is 18.0 Å². The number of nitrogens with zero attached hydrogens (tertiary/aromatic N) is 3. The van der Waals surface area contributed by atoms with Crippen LogP contribution in [0.25, 0.3) is 0 Å². The highest BCUT2D eigenvalue weighted by atomic mass is 19.4. The molecule has 1 unspecified atom stereocenters. The van der Waals surface area contributed by atoms with Gasteiger partial charge in [0.15, 0.2) is 0 Å². The third-order valence-corrected chi connectivity index (χ3v) is 2.95. The van der Waals surface area contributed by atoms with E-state index < -0.39 is 12.1 Å². The molecule has 0 saturated carbocycles. The fraction of sp³-hybridized carbons (Fsp3) is 0.636. The molecule has 1 aliphatic rings. The number of rotatable bonds is 3. The molecule has 0 fully saturated rings. The van der Waals surface area contributed by atoms with Crippen molar-refractivity contribution >= 4 is 11.6 Å². The van der Waals surface area contributed by atoms with E-state index in [1.54, 1.807) is 10.9 Å². The Balaban J connectivity index is 1.94. The van der Waals surface area contributed by atoms with Crippen LogP contribution in [0.1, 0.15) is 0 Å². The van der Waals surface area contributed by atoms with Crippen molar-refractivity contribution in [2.75, 3.05) is 32.1 Å². The number of aromatic nitrogens is 2. The highest BCUT2D eigenvalue weighted by Gasteiger charge is 2.39. The number of alkyl halides is 3. The predicted molar refractivity (Wildman–Crippen MR) is 64.6 cm³/mol. The first-order valence-corrected chi connectivity index (χ1v) is 6.00. The van der Waals surface area contributed by atoms with E-state index in [2.05, 4.69) is 5.10 Å². The molecule has 0 bridgehead atoms. The predicted octanol–water partition coefficient (Wildman–Crippen LogP) is 0.636. The van der Waals surface area contributed by atoms with Gasteiger partial charge in [0.1, 0.15) is 5.69 Å². The molecular formula is C11H15F3N4O2. The minimum atomic E-state index is -4.86. The fourth-order valence-corrected chi connectivity index (χ4v) is 1.90. The molecule has 0 radical (unpaired) electrons. The second kappa shape index (κ2) is 5.22. The molecule has 1 aromatic rings. The maximum Gasteiger partial charge on any atom is 0.471 e. The molecule has 1 aliphatic heterocycles. The molecular weight excluding hydrogens is 277 g/mol. The SMILES string of the molecule is CN(C)c1cnn2c1OCC(CNC(=O)C(F)(F)F)C2. The lowest BCUT2D eigenvalue weighted by atomic mass is 10.1. The molecule has 0 aliphatic carbocycles. The van der Waals surface area contributed by atoms with Gasteiger partial charge in [0.25, 0.3) is 0 Å². The van der Waals surface area contributed by atoms with Crippen molar-refractivity contribution in [1.82, 2.24) is 15.1 Å². The topological polar surface area (TPSA) is 59.4 Å². The molecule has 112 valence electrons. The third kappa shape index (κ3) is 2.97. The average molecular weight is 292 g/mol. The van der Waals surface area contributed by atoms with Gasteiger partial charge in [-0.3, -0.25) is 4.79 Å². The minimum Gasteiger partial charge on any atom is -0.476 e. The van der Waals surface area contributed by atoms with Crippen LogP contribution in [-0.4, -0.2) is 49.1 Å². The molecule has 2 heterocycles. The Kier molecular flexibility index (Phi) is 3.78. The van der Waals surface area contributed by atoms with Crippen molar-refractivity contribution in [3.05, 3.63) is 6.20 Å². The molecule has 9 heteroatoms. The Hall–Kier alpha value is -1.93. The number of anilines is 1. The minimum absolute atomic E-state index is 0.102. The van der Waals surface area contributed by atoms with E-state index >= 15 is 0 Å². The lowest BCUT2D eigenvalue weighted by Crippen LogP contribution is -2.42. The zero-order valence-corrected chi connectivity index (χ0v) is 11.1. The monoisotopic (exact) mass is 292 g/mol. The molecule has 1 amide bonds. The van der Waals surface area contributed by atoms with Gasteiger partial charge in [-0.05, 0) is 0 Å². The first kappa shape index (κ1) is 14.5. The number of hydrogen-bond acceptors (Lipinski definition) is 4. The van der Waals surface area contributed by atoms with Crippen molar-refractivity contribution in [3.8, 4) is 5.88 Å². The van der Waals surface area contributed by atoms with Gasteiger partial charge >= 0.3 is 12.1 Å². The van der Waals surface area contributed by atoms with Crippen LogP contribution in [0.3, 0.4) is 0 Å². The van der Waals surface area contributed by atoms with Crippen molar-refractivity contribution in [3.63, 3.8) is 0 Å². The Bertz CT molecular complexity index is 498. The van der Waals surface area contributed by atoms with Crippen LogP contribution in [0.15, 0.2) is 6.20 Å². The zero-order valence-electron chi connectivity index (χ0n) is 11.1. The molecule has 6 nitrogen and oxygen atoms in total. The quantitative estimate of drug-likeness (QED) is 0.888. The Morgan fingerprint density at radius 3 is 2.90 bits per heavy atom. The first-order chi connectivity index (χ1) is 9.29. The molecule has 1 atom stereocenters. The first-order valence-electron chi connectivity index (χ1n) is 6.00. The van der Waals surface area contributed by atoms with E-state index in [1.165, 1.54) is 0 Å². The van der Waals surface area contributed by atoms with Crippen molar-refractivity contribution in [1.29, 1.82) is 0 Å². The summed E-state index contributed by atoms with van der Waals surface area (Å²) in [7, 11) is 3.69. The van der Waals surface area contributed by atoms with Gasteiger partial charge in [0.2, 0.25) is 5.88 Å². The number of hydrogen-bond donors (Lipinski definition) is 1. The van der Waals surface area contributed by atoms with E-state index in [1.807, 2.05) is 24.3 Å². The molecule has 0 saturated heterocycles. The number of halogens is 3. The van der Waals surface area contributed by atoms with Gasteiger partial charge in [-0.2, -0.15) is 18.3 Å². The van der Waals surface area contributed by atoms with Gasteiger partial charge in [-0.25, -0.2) is 4.68 Å². The summed E-state index contributed by atoms with van der Waals surface area (Å²) in [6.07, 6.45) is -3.23. The number of ether oxygens (including phenoxy) is 1. The van der Waals surface area contributed by atoms with Crippen molar-refractivity contribution < 1.29 is 22.7 Å². The van der Waals surface area contributed by atoms with Crippen LogP contribution in [0.2, 0.25) is 0 Å². The Morgan fingerprint density at radius 1 is 1.60 bits per heavy atom. The van der Waals surface area contributed by atoms with E-state index in [-0.39, 0.29) is 19.1 Å². The third-order valence-electron chi connectivity index (χ3n) is 2.95. The summed E-state index contributed by atoms with van der Waals surface area (Å²) in [5.74, 6) is -1.59. The van der Waals surface area contributed by atoms with Gasteiger partial charge < -0.3 is 15.0 Å². The summed E-state index contributed by atoms with van der Waals surface area (Å²) in [6, 6.07) is 0. The standard InChI is InChI=1S/C11H15F3N4O2/c1-17(2)8-4-16-18-5-7(6-20-9(8)18)3-15-10(19)11(12,13)14/h4,7H,3,5-6H2,1-2H3,(H,15,19).